The van der Waals surface area contributed by atoms with E-state index in [1.807, 2.05) is 6.92 Å². The predicted molar refractivity (Wildman–Crippen MR) is 76.8 cm³/mol. The minimum atomic E-state index is -0.491. The van der Waals surface area contributed by atoms with E-state index in [1.165, 1.54) is 12.1 Å². The highest BCUT2D eigenvalue weighted by molar-refractivity contribution is 5.96. The van der Waals surface area contributed by atoms with Crippen molar-refractivity contribution >= 4 is 23.0 Å². The Bertz CT molecular complexity index is 555. The van der Waals surface area contributed by atoms with Gasteiger partial charge in [0.15, 0.2) is 12.4 Å². The number of nitrogens with zero attached hydrogens (tertiary/aromatic N) is 2. The van der Waals surface area contributed by atoms with Gasteiger partial charge in [-0.05, 0) is 12.5 Å². The predicted octanol–water partition coefficient (Wildman–Crippen LogP) is 1.13. The summed E-state index contributed by atoms with van der Waals surface area (Å²) in [4.78, 5) is 23.8. The summed E-state index contributed by atoms with van der Waals surface area (Å²) in [5.74, 6) is -0.0167. The number of ether oxygens (including phenoxy) is 1. The normalized spacial score (nSPS) is 13.1. The van der Waals surface area contributed by atoms with Gasteiger partial charge in [0, 0.05) is 13.1 Å². The number of aliphatic hydroxyl groups is 1. The number of carbonyl (C=O) groups is 1. The molecular formula is C13H17N3O5. The highest BCUT2D eigenvalue weighted by Crippen LogP contribution is 2.39. The molecule has 0 spiro atoms. The molecule has 1 aromatic rings. The second kappa shape index (κ2) is 6.40. The van der Waals surface area contributed by atoms with Gasteiger partial charge in [0.05, 0.1) is 23.3 Å². The van der Waals surface area contributed by atoms with E-state index in [9.17, 15) is 14.9 Å². The van der Waals surface area contributed by atoms with Crippen LogP contribution in [0.25, 0.3) is 0 Å². The first-order chi connectivity index (χ1) is 10.1. The number of nitrogens with one attached hydrogen (secondary N) is 1. The molecule has 2 rings (SSSR count). The van der Waals surface area contributed by atoms with Crippen LogP contribution in [0.3, 0.4) is 0 Å². The molecule has 1 aliphatic rings. The molecule has 0 radical (unpaired) electrons. The van der Waals surface area contributed by atoms with Crippen LogP contribution in [0.1, 0.15) is 13.3 Å². The van der Waals surface area contributed by atoms with Gasteiger partial charge >= 0.3 is 0 Å². The van der Waals surface area contributed by atoms with E-state index in [4.69, 9.17) is 9.84 Å². The van der Waals surface area contributed by atoms with Gasteiger partial charge in [-0.15, -0.1) is 0 Å². The summed E-state index contributed by atoms with van der Waals surface area (Å²) in [7, 11) is 0. The molecule has 2 N–H and O–H groups in total. The molecule has 8 nitrogen and oxygen atoms in total. The highest BCUT2D eigenvalue weighted by atomic mass is 16.6. The summed E-state index contributed by atoms with van der Waals surface area (Å²) in [6, 6.07) is 2.83. The molecule has 1 aromatic carbocycles. The molecule has 0 aromatic heterocycles. The molecule has 0 saturated carbocycles. The van der Waals surface area contributed by atoms with Crippen molar-refractivity contribution in [1.29, 1.82) is 0 Å². The number of hydrogen-bond acceptors (Lipinski definition) is 6. The van der Waals surface area contributed by atoms with Gasteiger partial charge in [0.25, 0.3) is 11.6 Å². The first-order valence-corrected chi connectivity index (χ1v) is 6.67. The van der Waals surface area contributed by atoms with Gasteiger partial charge in [-0.25, -0.2) is 0 Å². The zero-order valence-electron chi connectivity index (χ0n) is 11.7. The first-order valence-electron chi connectivity index (χ1n) is 6.67. The molecule has 8 heteroatoms. The van der Waals surface area contributed by atoms with Crippen molar-refractivity contribution in [3.05, 3.63) is 22.2 Å². The van der Waals surface area contributed by atoms with E-state index in [-0.39, 0.29) is 37.1 Å². The van der Waals surface area contributed by atoms with Crippen LogP contribution in [-0.4, -0.2) is 42.2 Å². The fraction of sp³-hybridized carbons (Fsp3) is 0.462. The Morgan fingerprint density at radius 1 is 1.48 bits per heavy atom. The highest BCUT2D eigenvalue weighted by Gasteiger charge is 2.26. The standard InChI is InChI=1S/C13H17N3O5/c1-2-3-15(4-5-17)10-6-9-12(7-11(10)16(19)20)21-8-13(18)14-9/h6-7,17H,2-5,8H2,1H3,(H,14,18). The van der Waals surface area contributed by atoms with Crippen molar-refractivity contribution in [2.75, 3.05) is 36.5 Å². The van der Waals surface area contributed by atoms with E-state index in [0.29, 0.717) is 17.9 Å². The van der Waals surface area contributed by atoms with E-state index < -0.39 is 4.92 Å². The number of nitro benzene ring substituents is 1. The maximum absolute atomic E-state index is 11.4. The summed E-state index contributed by atoms with van der Waals surface area (Å²) in [5.41, 5.74) is 0.665. The van der Waals surface area contributed by atoms with Crippen LogP contribution in [0, 0.1) is 10.1 Å². The number of nitro groups is 1. The second-order valence-corrected chi connectivity index (χ2v) is 4.64. The van der Waals surface area contributed by atoms with Crippen molar-refractivity contribution in [3.8, 4) is 5.75 Å². The fourth-order valence-corrected chi connectivity index (χ4v) is 2.25. The Balaban J connectivity index is 2.48. The van der Waals surface area contributed by atoms with E-state index in [0.717, 1.165) is 6.42 Å². The van der Waals surface area contributed by atoms with Gasteiger partial charge in [-0.3, -0.25) is 14.9 Å². The number of fused-ring (bicyclic) bond motifs is 1. The number of carbonyl (C=O) groups excluding carboxylic acids is 1. The van der Waals surface area contributed by atoms with Crippen molar-refractivity contribution in [1.82, 2.24) is 0 Å². The lowest BCUT2D eigenvalue weighted by Gasteiger charge is -2.25. The number of hydrogen-bond donors (Lipinski definition) is 2. The molecule has 1 heterocycles. The number of benzene rings is 1. The summed E-state index contributed by atoms with van der Waals surface area (Å²) in [6.45, 7) is 2.52. The van der Waals surface area contributed by atoms with Crippen LogP contribution >= 0.6 is 0 Å². The summed E-state index contributed by atoms with van der Waals surface area (Å²) in [6.07, 6.45) is 0.775. The number of rotatable bonds is 6. The van der Waals surface area contributed by atoms with Crippen molar-refractivity contribution in [3.63, 3.8) is 0 Å². The van der Waals surface area contributed by atoms with Crippen molar-refractivity contribution < 1.29 is 19.6 Å². The van der Waals surface area contributed by atoms with Crippen molar-refractivity contribution in [2.24, 2.45) is 0 Å². The summed E-state index contributed by atoms with van der Waals surface area (Å²) in [5, 5.41) is 23.0. The monoisotopic (exact) mass is 295 g/mol. The van der Waals surface area contributed by atoms with E-state index >= 15 is 0 Å². The average molecular weight is 295 g/mol. The lowest BCUT2D eigenvalue weighted by atomic mass is 10.1. The van der Waals surface area contributed by atoms with Gasteiger partial charge in [-0.2, -0.15) is 0 Å². The maximum Gasteiger partial charge on any atom is 0.296 e. The van der Waals surface area contributed by atoms with Crippen LogP contribution in [0.2, 0.25) is 0 Å². The molecule has 0 saturated heterocycles. The first kappa shape index (κ1) is 15.0. The fourth-order valence-electron chi connectivity index (χ4n) is 2.25. The van der Waals surface area contributed by atoms with Gasteiger partial charge < -0.3 is 20.1 Å². The van der Waals surface area contributed by atoms with E-state index in [2.05, 4.69) is 5.32 Å². The minimum absolute atomic E-state index is 0.105. The Hall–Kier alpha value is -2.35. The minimum Gasteiger partial charge on any atom is -0.481 e. The zero-order chi connectivity index (χ0) is 15.4. The Labute approximate surface area is 121 Å². The summed E-state index contributed by atoms with van der Waals surface area (Å²) >= 11 is 0. The Morgan fingerprint density at radius 3 is 2.86 bits per heavy atom. The molecule has 0 unspecified atom stereocenters. The Kier molecular flexibility index (Phi) is 4.59. The largest absolute Gasteiger partial charge is 0.481 e. The topological polar surface area (TPSA) is 105 Å². The number of aliphatic hydroxyl groups excluding tert-OH is 1. The molecule has 114 valence electrons. The van der Waals surface area contributed by atoms with Gasteiger partial charge in [0.1, 0.15) is 5.69 Å². The smallest absolute Gasteiger partial charge is 0.296 e. The van der Waals surface area contributed by atoms with E-state index in [1.54, 1.807) is 4.90 Å². The second-order valence-electron chi connectivity index (χ2n) is 4.64. The third-order valence-electron chi connectivity index (χ3n) is 3.11. The van der Waals surface area contributed by atoms with Crippen LogP contribution in [0.15, 0.2) is 12.1 Å². The molecular weight excluding hydrogens is 278 g/mol. The lowest BCUT2D eigenvalue weighted by molar-refractivity contribution is -0.384. The molecule has 1 aliphatic heterocycles. The van der Waals surface area contributed by atoms with Gasteiger partial charge in [0.2, 0.25) is 0 Å². The Morgan fingerprint density at radius 2 is 2.24 bits per heavy atom. The van der Waals surface area contributed by atoms with Crippen molar-refractivity contribution in [2.45, 2.75) is 13.3 Å². The molecule has 0 aliphatic carbocycles. The molecule has 1 amide bonds. The van der Waals surface area contributed by atoms with Crippen LogP contribution < -0.4 is 15.0 Å². The quantitative estimate of drug-likeness (QED) is 0.602. The van der Waals surface area contributed by atoms with Crippen LogP contribution in [0.4, 0.5) is 17.1 Å². The number of amides is 1. The third-order valence-corrected chi connectivity index (χ3v) is 3.11. The lowest BCUT2D eigenvalue weighted by Crippen LogP contribution is -2.29. The average Bonchev–Trinajstić information content (AvgIpc) is 2.45. The van der Waals surface area contributed by atoms with Crippen LogP contribution in [0.5, 0.6) is 5.75 Å². The summed E-state index contributed by atoms with van der Waals surface area (Å²) < 4.78 is 5.20. The third kappa shape index (κ3) is 3.22. The molecule has 0 fully saturated rings. The zero-order valence-corrected chi connectivity index (χ0v) is 11.7. The number of anilines is 2. The van der Waals surface area contributed by atoms with Gasteiger partial charge in [-0.1, -0.05) is 6.92 Å². The van der Waals surface area contributed by atoms with Crippen LogP contribution in [-0.2, 0) is 4.79 Å². The molecule has 0 atom stereocenters. The maximum atomic E-state index is 11.4. The molecule has 0 bridgehead atoms. The molecule has 21 heavy (non-hydrogen) atoms. The SMILES string of the molecule is CCCN(CCO)c1cc2c(cc1[N+](=O)[O-])OCC(=O)N2.